The Morgan fingerprint density at radius 3 is 2.75 bits per heavy atom. The average Bonchev–Trinajstić information content (AvgIpc) is 3.09. The summed E-state index contributed by atoms with van der Waals surface area (Å²) in [6.45, 7) is 6.58. The molecule has 3 rings (SSSR count). The molecule has 0 atom stereocenters. The first-order valence-corrected chi connectivity index (χ1v) is 9.05. The molecule has 0 saturated carbocycles. The number of aromatic nitrogens is 4. The third kappa shape index (κ3) is 5.06. The smallest absolute Gasteiger partial charge is 0.320 e. The summed E-state index contributed by atoms with van der Waals surface area (Å²) in [5, 5.41) is 9.68. The molecule has 2 amide bonds. The van der Waals surface area contributed by atoms with Gasteiger partial charge in [-0.05, 0) is 30.5 Å². The lowest BCUT2D eigenvalue weighted by atomic mass is 10.2. The van der Waals surface area contributed by atoms with Gasteiger partial charge in [-0.1, -0.05) is 13.8 Å². The van der Waals surface area contributed by atoms with Crippen LogP contribution in [0.5, 0.6) is 11.5 Å². The van der Waals surface area contributed by atoms with E-state index in [1.165, 1.54) is 0 Å². The minimum Gasteiger partial charge on any atom is -0.455 e. The lowest BCUT2D eigenvalue weighted by molar-refractivity contribution is 0.251. The van der Waals surface area contributed by atoms with Crippen molar-refractivity contribution >= 4 is 11.8 Å². The van der Waals surface area contributed by atoms with Gasteiger partial charge in [0, 0.05) is 37.6 Å². The minimum absolute atomic E-state index is 0.274. The fraction of sp³-hybridized carbons (Fsp3) is 0.300. The van der Waals surface area contributed by atoms with Crippen LogP contribution in [0.15, 0.2) is 43.0 Å². The van der Waals surface area contributed by atoms with Gasteiger partial charge in [0.1, 0.15) is 17.3 Å². The van der Waals surface area contributed by atoms with Crippen molar-refractivity contribution in [3.8, 4) is 22.8 Å². The second kappa shape index (κ2) is 8.51. The Morgan fingerprint density at radius 1 is 1.25 bits per heavy atom. The standard InChI is InChI=1S/C20H24N6O2/c1-13(2)9-23-20(27)25-19-7-14(3)18(11-22-19)28-16-5-6-21-17(8-16)15-10-24-26(4)12-15/h5-8,10-13H,9H2,1-4H3,(H2,22,23,25,27). The molecule has 146 valence electrons. The summed E-state index contributed by atoms with van der Waals surface area (Å²) in [5.74, 6) is 2.11. The van der Waals surface area contributed by atoms with Crippen molar-refractivity contribution < 1.29 is 9.53 Å². The van der Waals surface area contributed by atoms with Crippen LogP contribution in [0.4, 0.5) is 10.6 Å². The van der Waals surface area contributed by atoms with Gasteiger partial charge < -0.3 is 10.1 Å². The lowest BCUT2D eigenvalue weighted by Gasteiger charge is -2.12. The molecule has 0 aliphatic heterocycles. The quantitative estimate of drug-likeness (QED) is 0.679. The zero-order chi connectivity index (χ0) is 20.1. The van der Waals surface area contributed by atoms with Crippen LogP contribution in [-0.2, 0) is 7.05 Å². The first-order chi connectivity index (χ1) is 13.4. The molecule has 28 heavy (non-hydrogen) atoms. The van der Waals surface area contributed by atoms with Crippen LogP contribution in [0.2, 0.25) is 0 Å². The largest absolute Gasteiger partial charge is 0.455 e. The third-order valence-electron chi connectivity index (χ3n) is 3.94. The second-order valence-electron chi connectivity index (χ2n) is 6.95. The Hall–Kier alpha value is -3.42. The number of rotatable bonds is 6. The topological polar surface area (TPSA) is 94.0 Å². The van der Waals surface area contributed by atoms with Crippen molar-refractivity contribution in [2.75, 3.05) is 11.9 Å². The fourth-order valence-electron chi connectivity index (χ4n) is 2.49. The van der Waals surface area contributed by atoms with Crippen molar-refractivity contribution in [2.45, 2.75) is 20.8 Å². The highest BCUT2D eigenvalue weighted by Crippen LogP contribution is 2.28. The highest BCUT2D eigenvalue weighted by atomic mass is 16.5. The number of pyridine rings is 2. The number of amides is 2. The van der Waals surface area contributed by atoms with Crippen LogP contribution >= 0.6 is 0 Å². The molecule has 8 nitrogen and oxygen atoms in total. The number of nitrogens with one attached hydrogen (secondary N) is 2. The molecular weight excluding hydrogens is 356 g/mol. The molecule has 0 aromatic carbocycles. The summed E-state index contributed by atoms with van der Waals surface area (Å²) in [4.78, 5) is 20.5. The van der Waals surface area contributed by atoms with Crippen LogP contribution in [0.25, 0.3) is 11.3 Å². The molecule has 0 aliphatic rings. The third-order valence-corrected chi connectivity index (χ3v) is 3.94. The summed E-state index contributed by atoms with van der Waals surface area (Å²) in [6.07, 6.45) is 6.93. The number of urea groups is 1. The predicted molar refractivity (Wildman–Crippen MR) is 107 cm³/mol. The van der Waals surface area contributed by atoms with E-state index in [4.69, 9.17) is 4.74 Å². The van der Waals surface area contributed by atoms with E-state index in [1.54, 1.807) is 35.4 Å². The molecule has 0 radical (unpaired) electrons. The van der Waals surface area contributed by atoms with Gasteiger partial charge in [-0.2, -0.15) is 5.10 Å². The first-order valence-electron chi connectivity index (χ1n) is 9.05. The molecule has 0 fully saturated rings. The Bertz CT molecular complexity index is 967. The van der Waals surface area contributed by atoms with E-state index in [9.17, 15) is 4.79 Å². The number of anilines is 1. The van der Waals surface area contributed by atoms with Crippen molar-refractivity contribution in [1.29, 1.82) is 0 Å². The van der Waals surface area contributed by atoms with Crippen LogP contribution in [0, 0.1) is 12.8 Å². The van der Waals surface area contributed by atoms with Crippen molar-refractivity contribution in [3.05, 3.63) is 48.5 Å². The maximum Gasteiger partial charge on any atom is 0.320 e. The van der Waals surface area contributed by atoms with Crippen LogP contribution in [0.1, 0.15) is 19.4 Å². The van der Waals surface area contributed by atoms with Gasteiger partial charge in [0.2, 0.25) is 0 Å². The molecule has 0 bridgehead atoms. The van der Waals surface area contributed by atoms with Gasteiger partial charge in [0.15, 0.2) is 0 Å². The van der Waals surface area contributed by atoms with E-state index in [-0.39, 0.29) is 6.03 Å². The second-order valence-corrected chi connectivity index (χ2v) is 6.95. The molecule has 0 spiro atoms. The lowest BCUT2D eigenvalue weighted by Crippen LogP contribution is -2.31. The maximum atomic E-state index is 11.9. The monoisotopic (exact) mass is 380 g/mol. The fourth-order valence-corrected chi connectivity index (χ4v) is 2.49. The molecule has 0 aliphatic carbocycles. The SMILES string of the molecule is Cc1cc(NC(=O)NCC(C)C)ncc1Oc1ccnc(-c2cnn(C)c2)c1. The number of nitrogens with zero attached hydrogens (tertiary/aromatic N) is 4. The van der Waals surface area contributed by atoms with Gasteiger partial charge >= 0.3 is 6.03 Å². The summed E-state index contributed by atoms with van der Waals surface area (Å²) in [5.41, 5.74) is 2.54. The molecule has 2 N–H and O–H groups in total. The van der Waals surface area contributed by atoms with Gasteiger partial charge in [-0.3, -0.25) is 15.0 Å². The number of ether oxygens (including phenoxy) is 1. The van der Waals surface area contributed by atoms with Gasteiger partial charge in [-0.15, -0.1) is 0 Å². The summed E-state index contributed by atoms with van der Waals surface area (Å²) in [7, 11) is 1.86. The van der Waals surface area contributed by atoms with Crippen molar-refractivity contribution in [3.63, 3.8) is 0 Å². The molecular formula is C20H24N6O2. The molecule has 8 heteroatoms. The number of hydrogen-bond donors (Lipinski definition) is 2. The van der Waals surface area contributed by atoms with E-state index >= 15 is 0 Å². The average molecular weight is 380 g/mol. The Morgan fingerprint density at radius 2 is 2.07 bits per heavy atom. The molecule has 3 heterocycles. The summed E-state index contributed by atoms with van der Waals surface area (Å²) >= 11 is 0. The predicted octanol–water partition coefficient (Wildman–Crippen LogP) is 3.76. The Kier molecular flexibility index (Phi) is 5.88. The maximum absolute atomic E-state index is 11.9. The molecule has 0 saturated heterocycles. The van der Waals surface area contributed by atoms with E-state index < -0.39 is 0 Å². The summed E-state index contributed by atoms with van der Waals surface area (Å²) in [6, 6.07) is 5.13. The van der Waals surface area contributed by atoms with Crippen LogP contribution < -0.4 is 15.4 Å². The van der Waals surface area contributed by atoms with Crippen LogP contribution in [-0.4, -0.2) is 32.3 Å². The van der Waals surface area contributed by atoms with Crippen LogP contribution in [0.3, 0.4) is 0 Å². The number of hydrogen-bond acceptors (Lipinski definition) is 5. The van der Waals surface area contributed by atoms with Crippen molar-refractivity contribution in [1.82, 2.24) is 25.1 Å². The normalized spacial score (nSPS) is 10.8. The highest BCUT2D eigenvalue weighted by molar-refractivity contribution is 5.88. The zero-order valence-corrected chi connectivity index (χ0v) is 16.4. The summed E-state index contributed by atoms with van der Waals surface area (Å²) < 4.78 is 7.68. The molecule has 0 unspecified atom stereocenters. The Balaban J connectivity index is 1.69. The number of aryl methyl sites for hydroxylation is 2. The molecule has 3 aromatic heterocycles. The molecule has 3 aromatic rings. The number of carbonyl (C=O) groups is 1. The zero-order valence-electron chi connectivity index (χ0n) is 16.4. The van der Waals surface area contributed by atoms with E-state index in [1.807, 2.05) is 40.1 Å². The van der Waals surface area contributed by atoms with E-state index in [0.29, 0.717) is 29.8 Å². The Labute approximate surface area is 164 Å². The van der Waals surface area contributed by atoms with Gasteiger partial charge in [0.25, 0.3) is 0 Å². The van der Waals surface area contributed by atoms with Gasteiger partial charge in [0.05, 0.1) is 18.1 Å². The van der Waals surface area contributed by atoms with Crippen molar-refractivity contribution in [2.24, 2.45) is 13.0 Å². The van der Waals surface area contributed by atoms with E-state index in [0.717, 1.165) is 16.8 Å². The van der Waals surface area contributed by atoms with E-state index in [2.05, 4.69) is 25.7 Å². The highest BCUT2D eigenvalue weighted by Gasteiger charge is 2.09. The van der Waals surface area contributed by atoms with Gasteiger partial charge in [-0.25, -0.2) is 9.78 Å². The minimum atomic E-state index is -0.274. The number of carbonyl (C=O) groups excluding carboxylic acids is 1. The first kappa shape index (κ1) is 19.3.